The van der Waals surface area contributed by atoms with E-state index in [0.717, 1.165) is 19.3 Å². The van der Waals surface area contributed by atoms with Crippen molar-refractivity contribution in [3.8, 4) is 0 Å². The molecule has 3 N–H and O–H groups in total. The number of aliphatic hydroxyl groups is 2. The van der Waals surface area contributed by atoms with Crippen LogP contribution in [0.15, 0.2) is 0 Å². The highest BCUT2D eigenvalue weighted by molar-refractivity contribution is 4.74. The lowest BCUT2D eigenvalue weighted by Crippen LogP contribution is -2.39. The molecule has 0 aliphatic heterocycles. The summed E-state index contributed by atoms with van der Waals surface area (Å²) in [5, 5.41) is 23.1. The number of rotatable bonds is 10. The van der Waals surface area contributed by atoms with E-state index in [1.54, 1.807) is 0 Å². The van der Waals surface area contributed by atoms with E-state index in [-0.39, 0.29) is 6.10 Å². The van der Waals surface area contributed by atoms with Crippen LogP contribution in [0.4, 0.5) is 0 Å². The molecule has 1 aliphatic carbocycles. The van der Waals surface area contributed by atoms with Gasteiger partial charge in [-0.25, -0.2) is 0 Å². The van der Waals surface area contributed by atoms with Gasteiger partial charge in [0.15, 0.2) is 0 Å². The fraction of sp³-hybridized carbons (Fsp3) is 1.00. The highest BCUT2D eigenvalue weighted by Crippen LogP contribution is 2.26. The van der Waals surface area contributed by atoms with E-state index in [1.165, 1.54) is 19.3 Å². The summed E-state index contributed by atoms with van der Waals surface area (Å²) in [4.78, 5) is 0. The van der Waals surface area contributed by atoms with E-state index in [0.29, 0.717) is 37.6 Å². The van der Waals surface area contributed by atoms with Gasteiger partial charge in [-0.15, -0.1) is 0 Å². The summed E-state index contributed by atoms with van der Waals surface area (Å²) >= 11 is 0. The Morgan fingerprint density at radius 1 is 1.10 bits per heavy atom. The van der Waals surface area contributed by atoms with E-state index >= 15 is 0 Å². The van der Waals surface area contributed by atoms with Gasteiger partial charge in [-0.3, -0.25) is 0 Å². The summed E-state index contributed by atoms with van der Waals surface area (Å²) in [7, 11) is 0. The van der Waals surface area contributed by atoms with Crippen molar-refractivity contribution < 1.29 is 14.9 Å². The number of hydrogen-bond acceptors (Lipinski definition) is 4. The summed E-state index contributed by atoms with van der Waals surface area (Å²) in [5.74, 6) is 0.949. The summed E-state index contributed by atoms with van der Waals surface area (Å²) in [5.41, 5.74) is 0. The molecule has 0 aromatic carbocycles. The van der Waals surface area contributed by atoms with E-state index in [1.807, 2.05) is 0 Å². The van der Waals surface area contributed by atoms with Gasteiger partial charge in [0, 0.05) is 13.1 Å². The first-order valence-electron chi connectivity index (χ1n) is 8.76. The van der Waals surface area contributed by atoms with Crippen molar-refractivity contribution in [2.75, 3.05) is 19.7 Å². The van der Waals surface area contributed by atoms with E-state index < -0.39 is 6.10 Å². The van der Waals surface area contributed by atoms with Gasteiger partial charge in [0.25, 0.3) is 0 Å². The van der Waals surface area contributed by atoms with Crippen molar-refractivity contribution >= 4 is 0 Å². The van der Waals surface area contributed by atoms with E-state index in [4.69, 9.17) is 4.74 Å². The molecule has 0 aromatic rings. The normalized spacial score (nSPS) is 26.0. The molecule has 1 aliphatic rings. The second-order valence-corrected chi connectivity index (χ2v) is 6.59. The lowest BCUT2D eigenvalue weighted by molar-refractivity contribution is -0.0457. The van der Waals surface area contributed by atoms with Crippen LogP contribution in [0.2, 0.25) is 0 Å². The van der Waals surface area contributed by atoms with Gasteiger partial charge < -0.3 is 20.3 Å². The molecule has 0 saturated heterocycles. The molecule has 4 unspecified atom stereocenters. The van der Waals surface area contributed by atoms with Crippen LogP contribution in [-0.4, -0.2) is 48.2 Å². The molecule has 0 radical (unpaired) electrons. The minimum atomic E-state index is -0.493. The fourth-order valence-electron chi connectivity index (χ4n) is 3.22. The summed E-state index contributed by atoms with van der Waals surface area (Å²) in [6, 6.07) is 0. The van der Waals surface area contributed by atoms with Crippen molar-refractivity contribution in [2.24, 2.45) is 11.8 Å². The van der Waals surface area contributed by atoms with Crippen molar-refractivity contribution in [2.45, 2.75) is 77.6 Å². The monoisotopic (exact) mass is 301 g/mol. The van der Waals surface area contributed by atoms with Crippen LogP contribution in [0.5, 0.6) is 0 Å². The zero-order chi connectivity index (χ0) is 15.7. The van der Waals surface area contributed by atoms with Crippen LogP contribution >= 0.6 is 0 Å². The average Bonchev–Trinajstić information content (AvgIpc) is 2.47. The van der Waals surface area contributed by atoms with Crippen LogP contribution < -0.4 is 5.32 Å². The first-order chi connectivity index (χ1) is 10.1. The van der Waals surface area contributed by atoms with Crippen LogP contribution in [0.1, 0.15) is 59.3 Å². The number of hydrogen-bond donors (Lipinski definition) is 3. The predicted molar refractivity (Wildman–Crippen MR) is 86.3 cm³/mol. The molecular formula is C17H35NO3. The molecule has 0 bridgehead atoms. The Morgan fingerprint density at radius 2 is 1.76 bits per heavy atom. The molecule has 1 saturated carbocycles. The van der Waals surface area contributed by atoms with Crippen molar-refractivity contribution in [1.29, 1.82) is 0 Å². The van der Waals surface area contributed by atoms with Gasteiger partial charge in [0.1, 0.15) is 0 Å². The Bertz CT molecular complexity index is 258. The van der Waals surface area contributed by atoms with Gasteiger partial charge in [0.2, 0.25) is 0 Å². The maximum atomic E-state index is 10.0. The molecule has 126 valence electrons. The summed E-state index contributed by atoms with van der Waals surface area (Å²) < 4.78 is 5.85. The molecule has 0 aromatic heterocycles. The van der Waals surface area contributed by atoms with Crippen LogP contribution in [0.3, 0.4) is 0 Å². The SMILES string of the molecule is CCC(CC)C(O)CNCC(O)COC1CCCCC1C. The third-order valence-corrected chi connectivity index (χ3v) is 4.86. The van der Waals surface area contributed by atoms with Crippen LogP contribution in [-0.2, 0) is 4.74 Å². The van der Waals surface area contributed by atoms with Crippen molar-refractivity contribution in [3.63, 3.8) is 0 Å². The molecule has 21 heavy (non-hydrogen) atoms. The molecule has 4 atom stereocenters. The number of nitrogens with one attached hydrogen (secondary N) is 1. The Hall–Kier alpha value is -0.160. The molecular weight excluding hydrogens is 266 g/mol. The fourth-order valence-corrected chi connectivity index (χ4v) is 3.22. The zero-order valence-corrected chi connectivity index (χ0v) is 14.1. The molecule has 1 rings (SSSR count). The number of ether oxygens (including phenoxy) is 1. The van der Waals surface area contributed by atoms with Gasteiger partial charge in [-0.2, -0.15) is 0 Å². The Morgan fingerprint density at radius 3 is 2.38 bits per heavy atom. The first-order valence-corrected chi connectivity index (χ1v) is 8.76. The molecule has 0 spiro atoms. The maximum absolute atomic E-state index is 10.0. The predicted octanol–water partition coefficient (Wildman–Crippen LogP) is 2.33. The lowest BCUT2D eigenvalue weighted by atomic mass is 9.88. The van der Waals surface area contributed by atoms with Gasteiger partial charge >= 0.3 is 0 Å². The quantitative estimate of drug-likeness (QED) is 0.579. The Kier molecular flexibility index (Phi) is 9.49. The standard InChI is InChI=1S/C17H35NO3/c1-4-14(5-2)16(20)11-18-10-15(19)12-21-17-9-7-6-8-13(17)3/h13-20H,4-12H2,1-3H3. The van der Waals surface area contributed by atoms with Crippen molar-refractivity contribution in [3.05, 3.63) is 0 Å². The Balaban J connectivity index is 2.12. The third-order valence-electron chi connectivity index (χ3n) is 4.86. The minimum Gasteiger partial charge on any atom is -0.392 e. The van der Waals surface area contributed by atoms with Crippen LogP contribution in [0.25, 0.3) is 0 Å². The van der Waals surface area contributed by atoms with E-state index in [9.17, 15) is 10.2 Å². The van der Waals surface area contributed by atoms with E-state index in [2.05, 4.69) is 26.1 Å². The topological polar surface area (TPSA) is 61.7 Å². The van der Waals surface area contributed by atoms with Crippen molar-refractivity contribution in [1.82, 2.24) is 5.32 Å². The van der Waals surface area contributed by atoms with Crippen LogP contribution in [0, 0.1) is 11.8 Å². The van der Waals surface area contributed by atoms with Gasteiger partial charge in [-0.1, -0.05) is 46.5 Å². The second kappa shape index (κ2) is 10.5. The minimum absolute atomic E-state index is 0.309. The maximum Gasteiger partial charge on any atom is 0.0897 e. The van der Waals surface area contributed by atoms with Gasteiger partial charge in [-0.05, 0) is 24.7 Å². The highest BCUT2D eigenvalue weighted by Gasteiger charge is 2.22. The summed E-state index contributed by atoms with van der Waals surface area (Å²) in [6.07, 6.45) is 6.37. The second-order valence-electron chi connectivity index (χ2n) is 6.59. The lowest BCUT2D eigenvalue weighted by Gasteiger charge is -2.29. The number of aliphatic hydroxyl groups excluding tert-OH is 2. The third kappa shape index (κ3) is 7.09. The molecule has 0 heterocycles. The molecule has 0 amide bonds. The first kappa shape index (κ1) is 18.9. The largest absolute Gasteiger partial charge is 0.392 e. The molecule has 4 heteroatoms. The molecule has 4 nitrogen and oxygen atoms in total. The highest BCUT2D eigenvalue weighted by atomic mass is 16.5. The van der Waals surface area contributed by atoms with Gasteiger partial charge in [0.05, 0.1) is 24.9 Å². The summed E-state index contributed by atoms with van der Waals surface area (Å²) in [6.45, 7) is 7.86. The smallest absolute Gasteiger partial charge is 0.0897 e. The zero-order valence-electron chi connectivity index (χ0n) is 14.1. The Labute approximate surface area is 130 Å². The average molecular weight is 301 g/mol. The molecule has 1 fully saturated rings.